The fraction of sp³-hybridized carbons (Fsp3) is 0.286. The second kappa shape index (κ2) is 7.61. The number of fused-ring (bicyclic) bond motifs is 1. The first-order valence-corrected chi connectivity index (χ1v) is 9.32. The smallest absolute Gasteiger partial charge is 0.234 e. The molecule has 3 aromatic rings. The molecule has 4 rings (SSSR count). The molecule has 0 saturated carbocycles. The number of pyridine rings is 2. The van der Waals surface area contributed by atoms with E-state index in [-0.39, 0.29) is 18.4 Å². The van der Waals surface area contributed by atoms with E-state index in [0.29, 0.717) is 12.4 Å². The van der Waals surface area contributed by atoms with Crippen LogP contribution in [-0.2, 0) is 4.79 Å². The van der Waals surface area contributed by atoms with Crippen molar-refractivity contribution in [1.29, 1.82) is 0 Å². The molecule has 1 aliphatic rings. The molecular formula is C21H22N6O. The van der Waals surface area contributed by atoms with E-state index < -0.39 is 0 Å². The molecule has 142 valence electrons. The van der Waals surface area contributed by atoms with Gasteiger partial charge in [0.25, 0.3) is 0 Å². The van der Waals surface area contributed by atoms with Gasteiger partial charge in [-0.1, -0.05) is 12.0 Å². The van der Waals surface area contributed by atoms with Gasteiger partial charge in [-0.05, 0) is 31.0 Å². The van der Waals surface area contributed by atoms with Crippen LogP contribution in [0.2, 0.25) is 0 Å². The molecule has 4 heterocycles. The third-order valence-corrected chi connectivity index (χ3v) is 5.01. The largest absolute Gasteiger partial charge is 0.384 e. The maximum Gasteiger partial charge on any atom is 0.234 e. The summed E-state index contributed by atoms with van der Waals surface area (Å²) in [6.45, 7) is 1.37. The van der Waals surface area contributed by atoms with Gasteiger partial charge in [-0.15, -0.1) is 6.42 Å². The number of anilines is 2. The number of carbonyl (C=O) groups is 1. The van der Waals surface area contributed by atoms with Crippen LogP contribution in [0.25, 0.3) is 22.3 Å². The highest BCUT2D eigenvalue weighted by Crippen LogP contribution is 2.34. The van der Waals surface area contributed by atoms with Crippen LogP contribution in [0.3, 0.4) is 0 Å². The Labute approximate surface area is 163 Å². The van der Waals surface area contributed by atoms with Crippen molar-refractivity contribution in [2.75, 3.05) is 24.1 Å². The Kier molecular flexibility index (Phi) is 4.85. The normalized spacial score (nSPS) is 16.7. The standard InChI is InChI=1S/C21H22N6O/c1-2-5-19(28)27-11-4-6-14(13-27)25-20-15-9-10-23-21(15)24-12-16(20)17-7-3-8-18(22)26-17/h1,3,7-10,12,14H,4-6,11,13H2,(H2,22,26)(H2,23,24,25)/t14-/m1/s1. The molecule has 28 heavy (non-hydrogen) atoms. The third-order valence-electron chi connectivity index (χ3n) is 5.01. The minimum atomic E-state index is 0.00763. The van der Waals surface area contributed by atoms with Crippen molar-refractivity contribution >= 4 is 28.4 Å². The average Bonchev–Trinajstić information content (AvgIpc) is 3.18. The van der Waals surface area contributed by atoms with Crippen LogP contribution < -0.4 is 11.1 Å². The zero-order valence-corrected chi connectivity index (χ0v) is 15.5. The predicted octanol–water partition coefficient (Wildman–Crippen LogP) is 2.63. The van der Waals surface area contributed by atoms with Crippen LogP contribution >= 0.6 is 0 Å². The van der Waals surface area contributed by atoms with Gasteiger partial charge in [0, 0.05) is 42.5 Å². The number of amides is 1. The van der Waals surface area contributed by atoms with E-state index in [1.54, 1.807) is 12.3 Å². The van der Waals surface area contributed by atoms with Crippen LogP contribution in [0.1, 0.15) is 19.3 Å². The van der Waals surface area contributed by atoms with Gasteiger partial charge in [-0.25, -0.2) is 9.97 Å². The zero-order valence-electron chi connectivity index (χ0n) is 15.5. The Bertz CT molecular complexity index is 1050. The molecule has 7 heteroatoms. The molecule has 0 unspecified atom stereocenters. The predicted molar refractivity (Wildman–Crippen MR) is 110 cm³/mol. The number of likely N-dealkylation sites (tertiary alicyclic amines) is 1. The van der Waals surface area contributed by atoms with E-state index >= 15 is 0 Å². The van der Waals surface area contributed by atoms with Crippen molar-refractivity contribution in [3.63, 3.8) is 0 Å². The lowest BCUT2D eigenvalue weighted by Gasteiger charge is -2.34. The Morgan fingerprint density at radius 3 is 3.14 bits per heavy atom. The lowest BCUT2D eigenvalue weighted by atomic mass is 10.0. The summed E-state index contributed by atoms with van der Waals surface area (Å²) in [5.74, 6) is 2.91. The summed E-state index contributed by atoms with van der Waals surface area (Å²) >= 11 is 0. The second-order valence-corrected chi connectivity index (χ2v) is 6.94. The van der Waals surface area contributed by atoms with E-state index in [9.17, 15) is 4.79 Å². The van der Waals surface area contributed by atoms with Crippen molar-refractivity contribution in [2.24, 2.45) is 0 Å². The molecule has 4 N–H and O–H groups in total. The molecule has 3 aromatic heterocycles. The maximum absolute atomic E-state index is 12.2. The van der Waals surface area contributed by atoms with E-state index in [2.05, 4.69) is 26.2 Å². The van der Waals surface area contributed by atoms with Gasteiger partial charge in [0.15, 0.2) is 0 Å². The molecule has 7 nitrogen and oxygen atoms in total. The number of rotatable bonds is 4. The molecule has 0 spiro atoms. The number of nitrogen functional groups attached to an aromatic ring is 1. The summed E-state index contributed by atoms with van der Waals surface area (Å²) in [6.07, 6.45) is 11.0. The van der Waals surface area contributed by atoms with Crippen molar-refractivity contribution in [2.45, 2.75) is 25.3 Å². The van der Waals surface area contributed by atoms with E-state index in [0.717, 1.165) is 47.4 Å². The van der Waals surface area contributed by atoms with E-state index in [4.69, 9.17) is 12.2 Å². The summed E-state index contributed by atoms with van der Waals surface area (Å²) in [4.78, 5) is 26.2. The number of H-pyrrole nitrogens is 1. The minimum absolute atomic E-state index is 0.00763. The number of nitrogens with zero attached hydrogens (tertiary/aromatic N) is 3. The number of hydrogen-bond donors (Lipinski definition) is 3. The zero-order chi connectivity index (χ0) is 19.5. The SMILES string of the molecule is C#CCC(=O)N1CCC[C@@H](Nc2c(-c3cccc(N)n3)cnc3[nH]ccc23)C1. The lowest BCUT2D eigenvalue weighted by molar-refractivity contribution is -0.131. The fourth-order valence-electron chi connectivity index (χ4n) is 3.68. The van der Waals surface area contributed by atoms with Gasteiger partial charge in [0.05, 0.1) is 17.8 Å². The average molecular weight is 374 g/mol. The van der Waals surface area contributed by atoms with Gasteiger partial charge >= 0.3 is 0 Å². The third kappa shape index (κ3) is 3.49. The monoisotopic (exact) mass is 374 g/mol. The number of aromatic amines is 1. The summed E-state index contributed by atoms with van der Waals surface area (Å²) in [6, 6.07) is 7.67. The van der Waals surface area contributed by atoms with Crippen molar-refractivity contribution in [3.8, 4) is 23.6 Å². The Morgan fingerprint density at radius 1 is 1.43 bits per heavy atom. The first-order valence-electron chi connectivity index (χ1n) is 9.32. The van der Waals surface area contributed by atoms with E-state index in [1.165, 1.54) is 0 Å². The van der Waals surface area contributed by atoms with Gasteiger partial charge in [-0.2, -0.15) is 0 Å². The van der Waals surface area contributed by atoms with Crippen molar-refractivity contribution in [3.05, 3.63) is 36.7 Å². The van der Waals surface area contributed by atoms with Gasteiger partial charge in [0.2, 0.25) is 5.91 Å². The van der Waals surface area contributed by atoms with Crippen LogP contribution in [0.15, 0.2) is 36.7 Å². The first-order chi connectivity index (χ1) is 13.7. The Balaban J connectivity index is 1.68. The minimum Gasteiger partial charge on any atom is -0.384 e. The highest BCUT2D eigenvalue weighted by molar-refractivity contribution is 5.97. The summed E-state index contributed by atoms with van der Waals surface area (Å²) in [5, 5.41) is 4.62. The topological polar surface area (TPSA) is 99.9 Å². The summed E-state index contributed by atoms with van der Waals surface area (Å²) in [7, 11) is 0. The molecule has 0 aliphatic carbocycles. The molecule has 0 bridgehead atoms. The maximum atomic E-state index is 12.2. The first kappa shape index (κ1) is 17.9. The van der Waals surface area contributed by atoms with Gasteiger partial charge in [0.1, 0.15) is 11.5 Å². The van der Waals surface area contributed by atoms with Crippen LogP contribution in [0.5, 0.6) is 0 Å². The molecule has 0 radical (unpaired) electrons. The Hall–Kier alpha value is -3.53. The number of hydrogen-bond acceptors (Lipinski definition) is 5. The van der Waals surface area contributed by atoms with E-state index in [1.807, 2.05) is 29.3 Å². The Morgan fingerprint density at radius 2 is 2.32 bits per heavy atom. The number of aromatic nitrogens is 3. The number of piperidine rings is 1. The summed E-state index contributed by atoms with van der Waals surface area (Å²) < 4.78 is 0. The van der Waals surface area contributed by atoms with Crippen molar-refractivity contribution < 1.29 is 4.79 Å². The molecular weight excluding hydrogens is 352 g/mol. The molecule has 1 saturated heterocycles. The van der Waals surface area contributed by atoms with Crippen molar-refractivity contribution in [1.82, 2.24) is 19.9 Å². The highest BCUT2D eigenvalue weighted by atomic mass is 16.2. The van der Waals surface area contributed by atoms with Crippen LogP contribution in [0.4, 0.5) is 11.5 Å². The van der Waals surface area contributed by atoms with Crippen LogP contribution in [0, 0.1) is 12.3 Å². The van der Waals surface area contributed by atoms with Gasteiger partial charge in [-0.3, -0.25) is 4.79 Å². The number of carbonyl (C=O) groups excluding carboxylic acids is 1. The molecule has 1 fully saturated rings. The fourth-order valence-corrected chi connectivity index (χ4v) is 3.68. The van der Waals surface area contributed by atoms with Gasteiger partial charge < -0.3 is 20.9 Å². The van der Waals surface area contributed by atoms with Crippen LogP contribution in [-0.4, -0.2) is 44.9 Å². The molecule has 0 aromatic carbocycles. The second-order valence-electron chi connectivity index (χ2n) is 6.94. The lowest BCUT2D eigenvalue weighted by Crippen LogP contribution is -2.45. The molecule has 1 atom stereocenters. The number of terminal acetylenes is 1. The number of nitrogens with one attached hydrogen (secondary N) is 2. The molecule has 1 amide bonds. The number of nitrogens with two attached hydrogens (primary N) is 1. The quantitative estimate of drug-likeness (QED) is 0.610. The summed E-state index contributed by atoms with van der Waals surface area (Å²) in [5.41, 5.74) is 9.27. The highest BCUT2D eigenvalue weighted by Gasteiger charge is 2.24. The molecule has 1 aliphatic heterocycles.